The predicted molar refractivity (Wildman–Crippen MR) is 67.7 cm³/mol. The van der Waals surface area contributed by atoms with Gasteiger partial charge in [-0.15, -0.1) is 0 Å². The Hall–Kier alpha value is -1.13. The van der Waals surface area contributed by atoms with E-state index < -0.39 is 5.82 Å². The minimum absolute atomic E-state index is 0.0202. The van der Waals surface area contributed by atoms with E-state index in [1.807, 2.05) is 12.1 Å². The normalized spacial score (nSPS) is 10.3. The van der Waals surface area contributed by atoms with E-state index in [9.17, 15) is 4.39 Å². The van der Waals surface area contributed by atoms with Gasteiger partial charge in [0, 0.05) is 15.7 Å². The first-order valence-corrected chi connectivity index (χ1v) is 6.00. The fourth-order valence-electron chi connectivity index (χ4n) is 1.29. The lowest BCUT2D eigenvalue weighted by molar-refractivity contribution is 0.277. The number of benzene rings is 1. The Morgan fingerprint density at radius 2 is 2.18 bits per heavy atom. The van der Waals surface area contributed by atoms with Crippen LogP contribution in [0.1, 0.15) is 5.56 Å². The van der Waals surface area contributed by atoms with Crippen molar-refractivity contribution in [2.24, 2.45) is 0 Å². The SMILES string of the molecule is Fc1cc(Br)cnc1OCc1cccc(Cl)c1. The third kappa shape index (κ3) is 3.41. The molecule has 0 atom stereocenters. The first-order chi connectivity index (χ1) is 8.15. The monoisotopic (exact) mass is 315 g/mol. The smallest absolute Gasteiger partial charge is 0.250 e. The van der Waals surface area contributed by atoms with Gasteiger partial charge in [0.25, 0.3) is 5.88 Å². The Morgan fingerprint density at radius 3 is 2.88 bits per heavy atom. The molecular weight excluding hydrogens is 308 g/mol. The van der Waals surface area contributed by atoms with Crippen molar-refractivity contribution in [1.82, 2.24) is 4.98 Å². The van der Waals surface area contributed by atoms with E-state index in [2.05, 4.69) is 20.9 Å². The lowest BCUT2D eigenvalue weighted by Crippen LogP contribution is -1.99. The van der Waals surface area contributed by atoms with Crippen LogP contribution in [0.5, 0.6) is 5.88 Å². The second-order valence-electron chi connectivity index (χ2n) is 3.36. The molecule has 0 aliphatic carbocycles. The van der Waals surface area contributed by atoms with Crippen molar-refractivity contribution in [1.29, 1.82) is 0 Å². The molecule has 0 unspecified atom stereocenters. The van der Waals surface area contributed by atoms with Gasteiger partial charge >= 0.3 is 0 Å². The van der Waals surface area contributed by atoms with E-state index >= 15 is 0 Å². The Labute approximate surface area is 112 Å². The molecule has 5 heteroatoms. The van der Waals surface area contributed by atoms with E-state index in [0.29, 0.717) is 9.50 Å². The third-order valence-electron chi connectivity index (χ3n) is 2.04. The van der Waals surface area contributed by atoms with Gasteiger partial charge in [0.1, 0.15) is 6.61 Å². The zero-order valence-electron chi connectivity index (χ0n) is 8.66. The topological polar surface area (TPSA) is 22.1 Å². The molecule has 2 aromatic rings. The number of rotatable bonds is 3. The average molecular weight is 317 g/mol. The third-order valence-corrected chi connectivity index (χ3v) is 2.71. The van der Waals surface area contributed by atoms with E-state index in [4.69, 9.17) is 16.3 Å². The molecule has 0 bridgehead atoms. The van der Waals surface area contributed by atoms with Crippen LogP contribution in [0.2, 0.25) is 5.02 Å². The van der Waals surface area contributed by atoms with Crippen LogP contribution in [0.25, 0.3) is 0 Å². The fraction of sp³-hybridized carbons (Fsp3) is 0.0833. The summed E-state index contributed by atoms with van der Waals surface area (Å²) in [6, 6.07) is 8.50. The maximum absolute atomic E-state index is 13.4. The average Bonchev–Trinajstić information content (AvgIpc) is 2.28. The second-order valence-corrected chi connectivity index (χ2v) is 4.71. The Balaban J connectivity index is 2.07. The summed E-state index contributed by atoms with van der Waals surface area (Å²) >= 11 is 8.95. The lowest BCUT2D eigenvalue weighted by Gasteiger charge is -2.06. The summed E-state index contributed by atoms with van der Waals surface area (Å²) in [5.74, 6) is -0.519. The second kappa shape index (κ2) is 5.47. The van der Waals surface area contributed by atoms with E-state index in [1.54, 1.807) is 12.1 Å². The van der Waals surface area contributed by atoms with Crippen LogP contribution < -0.4 is 4.74 Å². The van der Waals surface area contributed by atoms with Crippen molar-refractivity contribution in [2.45, 2.75) is 6.61 Å². The van der Waals surface area contributed by atoms with Gasteiger partial charge < -0.3 is 4.74 Å². The Bertz CT molecular complexity index is 536. The summed E-state index contributed by atoms with van der Waals surface area (Å²) in [6.07, 6.45) is 1.48. The van der Waals surface area contributed by atoms with Crippen molar-refractivity contribution in [3.05, 3.63) is 57.4 Å². The summed E-state index contributed by atoms with van der Waals surface area (Å²) in [4.78, 5) is 3.84. The number of aromatic nitrogens is 1. The van der Waals surface area contributed by atoms with Crippen molar-refractivity contribution < 1.29 is 9.13 Å². The molecule has 1 heterocycles. The summed E-state index contributed by atoms with van der Waals surface area (Å²) in [7, 11) is 0. The Kier molecular flexibility index (Phi) is 3.97. The van der Waals surface area contributed by atoms with Crippen LogP contribution in [0.3, 0.4) is 0 Å². The van der Waals surface area contributed by atoms with Crippen LogP contribution >= 0.6 is 27.5 Å². The summed E-state index contributed by atoms with van der Waals surface area (Å²) < 4.78 is 19.2. The molecular formula is C12H8BrClFNO. The molecule has 0 N–H and O–H groups in total. The first kappa shape index (κ1) is 12.3. The van der Waals surface area contributed by atoms with Gasteiger partial charge in [0.15, 0.2) is 5.82 Å². The quantitative estimate of drug-likeness (QED) is 0.846. The van der Waals surface area contributed by atoms with Gasteiger partial charge in [-0.05, 0) is 39.7 Å². The minimum Gasteiger partial charge on any atom is -0.471 e. The fourth-order valence-corrected chi connectivity index (χ4v) is 1.80. The number of ether oxygens (including phenoxy) is 1. The summed E-state index contributed by atoms with van der Waals surface area (Å²) in [6.45, 7) is 0.228. The van der Waals surface area contributed by atoms with Crippen molar-refractivity contribution >= 4 is 27.5 Å². The summed E-state index contributed by atoms with van der Waals surface area (Å²) in [5, 5.41) is 0.621. The number of hydrogen-bond donors (Lipinski definition) is 0. The highest BCUT2D eigenvalue weighted by Crippen LogP contribution is 2.19. The molecule has 17 heavy (non-hydrogen) atoms. The van der Waals surface area contributed by atoms with Gasteiger partial charge in [-0.1, -0.05) is 23.7 Å². The molecule has 2 nitrogen and oxygen atoms in total. The largest absolute Gasteiger partial charge is 0.471 e. The molecule has 88 valence electrons. The highest BCUT2D eigenvalue weighted by Gasteiger charge is 2.06. The molecule has 0 saturated carbocycles. The van der Waals surface area contributed by atoms with Crippen LogP contribution in [0.15, 0.2) is 41.0 Å². The van der Waals surface area contributed by atoms with E-state index in [-0.39, 0.29) is 12.5 Å². The van der Waals surface area contributed by atoms with Gasteiger partial charge in [-0.2, -0.15) is 0 Å². The van der Waals surface area contributed by atoms with Crippen molar-refractivity contribution in [2.75, 3.05) is 0 Å². The van der Waals surface area contributed by atoms with Gasteiger partial charge in [-0.3, -0.25) is 0 Å². The number of pyridine rings is 1. The summed E-state index contributed by atoms with van der Waals surface area (Å²) in [5.41, 5.74) is 0.863. The molecule has 1 aromatic heterocycles. The minimum atomic E-state index is -0.499. The molecule has 1 aromatic carbocycles. The number of hydrogen-bond acceptors (Lipinski definition) is 2. The van der Waals surface area contributed by atoms with Crippen LogP contribution in [-0.2, 0) is 6.61 Å². The number of nitrogens with zero attached hydrogens (tertiary/aromatic N) is 1. The first-order valence-electron chi connectivity index (χ1n) is 4.83. The van der Waals surface area contributed by atoms with Gasteiger partial charge in [-0.25, -0.2) is 9.37 Å². The lowest BCUT2D eigenvalue weighted by atomic mass is 10.2. The predicted octanol–water partition coefficient (Wildman–Crippen LogP) is 4.22. The van der Waals surface area contributed by atoms with Crippen molar-refractivity contribution in [3.8, 4) is 5.88 Å². The van der Waals surface area contributed by atoms with Crippen LogP contribution in [0.4, 0.5) is 4.39 Å². The zero-order chi connectivity index (χ0) is 12.3. The molecule has 0 amide bonds. The molecule has 0 aliphatic heterocycles. The molecule has 0 radical (unpaired) electrons. The van der Waals surface area contributed by atoms with Crippen molar-refractivity contribution in [3.63, 3.8) is 0 Å². The standard InChI is InChI=1S/C12H8BrClFNO/c13-9-5-11(15)12(16-6-9)17-7-8-2-1-3-10(14)4-8/h1-6H,7H2. The molecule has 0 aliphatic rings. The maximum Gasteiger partial charge on any atom is 0.250 e. The molecule has 0 fully saturated rings. The Morgan fingerprint density at radius 1 is 1.35 bits per heavy atom. The number of halogens is 3. The van der Waals surface area contributed by atoms with Gasteiger partial charge in [0.05, 0.1) is 0 Å². The van der Waals surface area contributed by atoms with E-state index in [1.165, 1.54) is 12.3 Å². The maximum atomic E-state index is 13.4. The zero-order valence-corrected chi connectivity index (χ0v) is 11.0. The highest BCUT2D eigenvalue weighted by molar-refractivity contribution is 9.10. The molecule has 0 saturated heterocycles. The van der Waals surface area contributed by atoms with E-state index in [0.717, 1.165) is 5.56 Å². The highest BCUT2D eigenvalue weighted by atomic mass is 79.9. The van der Waals surface area contributed by atoms with Gasteiger partial charge in [0.2, 0.25) is 0 Å². The molecule has 2 rings (SSSR count). The molecule has 0 spiro atoms. The van der Waals surface area contributed by atoms with Crippen LogP contribution in [0, 0.1) is 5.82 Å². The van der Waals surface area contributed by atoms with Crippen LogP contribution in [-0.4, -0.2) is 4.98 Å².